The van der Waals surface area contributed by atoms with Crippen molar-refractivity contribution in [1.29, 1.82) is 0 Å². The molecule has 0 aromatic carbocycles. The zero-order valence-corrected chi connectivity index (χ0v) is 14.8. The van der Waals surface area contributed by atoms with E-state index in [1.54, 1.807) is 11.2 Å². The summed E-state index contributed by atoms with van der Waals surface area (Å²) in [7, 11) is 1.82. The maximum absolute atomic E-state index is 12.5. The summed E-state index contributed by atoms with van der Waals surface area (Å²) in [5, 5.41) is 3.20. The number of amides is 2. The van der Waals surface area contributed by atoms with Crippen molar-refractivity contribution in [3.8, 4) is 0 Å². The second-order valence-corrected chi connectivity index (χ2v) is 7.14. The van der Waals surface area contributed by atoms with Crippen LogP contribution in [0.5, 0.6) is 0 Å². The molecule has 24 heavy (non-hydrogen) atoms. The summed E-state index contributed by atoms with van der Waals surface area (Å²) in [6.45, 7) is 3.42. The Hall–Kier alpha value is -1.85. The average molecular weight is 332 g/mol. The van der Waals surface area contributed by atoms with E-state index >= 15 is 0 Å². The lowest BCUT2D eigenvalue weighted by Crippen LogP contribution is -2.40. The van der Waals surface area contributed by atoms with Crippen molar-refractivity contribution in [3.05, 3.63) is 17.7 Å². The molecule has 6 heteroatoms. The molecular formula is C18H28N4O2. The molecule has 2 aliphatic rings. The van der Waals surface area contributed by atoms with Crippen molar-refractivity contribution in [2.24, 2.45) is 5.92 Å². The van der Waals surface area contributed by atoms with Crippen LogP contribution in [-0.4, -0.2) is 45.9 Å². The first-order valence-corrected chi connectivity index (χ1v) is 9.20. The van der Waals surface area contributed by atoms with E-state index in [0.29, 0.717) is 18.3 Å². The lowest BCUT2D eigenvalue weighted by molar-refractivity contribution is -0.126. The van der Waals surface area contributed by atoms with Gasteiger partial charge in [0.25, 0.3) is 5.91 Å². The Morgan fingerprint density at radius 3 is 2.79 bits per heavy atom. The first-order chi connectivity index (χ1) is 11.6. The molecule has 1 aliphatic heterocycles. The van der Waals surface area contributed by atoms with E-state index < -0.39 is 0 Å². The number of hydrogen-bond acceptors (Lipinski definition) is 3. The fourth-order valence-electron chi connectivity index (χ4n) is 3.87. The van der Waals surface area contributed by atoms with Gasteiger partial charge >= 0.3 is 0 Å². The molecule has 0 saturated heterocycles. The van der Waals surface area contributed by atoms with Crippen LogP contribution in [0.2, 0.25) is 0 Å². The quantitative estimate of drug-likeness (QED) is 0.896. The minimum atomic E-state index is -0.0144. The van der Waals surface area contributed by atoms with Gasteiger partial charge < -0.3 is 14.8 Å². The summed E-state index contributed by atoms with van der Waals surface area (Å²) in [5.41, 5.74) is 1.54. The molecule has 3 rings (SSSR count). The number of carbonyl (C=O) groups is 2. The first kappa shape index (κ1) is 17.0. The van der Waals surface area contributed by atoms with Crippen molar-refractivity contribution in [3.63, 3.8) is 0 Å². The summed E-state index contributed by atoms with van der Waals surface area (Å²) in [6, 6.07) is 0.363. The second kappa shape index (κ2) is 7.36. The van der Waals surface area contributed by atoms with Crippen molar-refractivity contribution < 1.29 is 9.59 Å². The van der Waals surface area contributed by atoms with Gasteiger partial charge in [0, 0.05) is 26.2 Å². The molecule has 1 aromatic heterocycles. The Morgan fingerprint density at radius 1 is 1.33 bits per heavy atom. The largest absolute Gasteiger partial charge is 0.353 e. The Labute approximate surface area is 143 Å². The second-order valence-electron chi connectivity index (χ2n) is 7.14. The van der Waals surface area contributed by atoms with E-state index in [2.05, 4.69) is 17.2 Å². The zero-order chi connectivity index (χ0) is 17.1. The fraction of sp³-hybridized carbons (Fsp3) is 0.722. The summed E-state index contributed by atoms with van der Waals surface area (Å²) >= 11 is 0. The third-order valence-corrected chi connectivity index (χ3v) is 5.27. The number of rotatable bonds is 5. The molecule has 0 bridgehead atoms. The standard InChI is InChI=1S/C18H28N4O2/c1-3-10-21(2)18(24)16-15-9-8-13(11-22(15)12-19-16)17(23)20-14-6-4-5-7-14/h12-14H,3-11H2,1-2H3,(H,20,23). The third-order valence-electron chi connectivity index (χ3n) is 5.27. The van der Waals surface area contributed by atoms with E-state index in [-0.39, 0.29) is 17.7 Å². The molecule has 1 aliphatic carbocycles. The molecule has 1 N–H and O–H groups in total. The maximum atomic E-state index is 12.5. The van der Waals surface area contributed by atoms with Crippen LogP contribution in [0.4, 0.5) is 0 Å². The highest BCUT2D eigenvalue weighted by Gasteiger charge is 2.30. The molecule has 2 heterocycles. The Morgan fingerprint density at radius 2 is 2.08 bits per heavy atom. The number of nitrogens with one attached hydrogen (secondary N) is 1. The molecule has 2 amide bonds. The van der Waals surface area contributed by atoms with Gasteiger partial charge in [0.15, 0.2) is 0 Å². The van der Waals surface area contributed by atoms with Gasteiger partial charge in [0.1, 0.15) is 5.69 Å². The molecule has 0 radical (unpaired) electrons. The van der Waals surface area contributed by atoms with Crippen LogP contribution in [0.25, 0.3) is 0 Å². The Balaban J connectivity index is 1.64. The summed E-state index contributed by atoms with van der Waals surface area (Å²) in [5.74, 6) is 0.139. The molecule has 1 aromatic rings. The normalized spacial score (nSPS) is 20.7. The summed E-state index contributed by atoms with van der Waals surface area (Å²) < 4.78 is 2.00. The molecular weight excluding hydrogens is 304 g/mol. The Kier molecular flexibility index (Phi) is 5.21. The summed E-state index contributed by atoms with van der Waals surface area (Å²) in [6.07, 6.45) is 8.84. The fourth-order valence-corrected chi connectivity index (χ4v) is 3.87. The van der Waals surface area contributed by atoms with E-state index in [1.165, 1.54) is 12.8 Å². The van der Waals surface area contributed by atoms with E-state index in [1.807, 2.05) is 11.6 Å². The minimum absolute atomic E-state index is 0.0105. The van der Waals surface area contributed by atoms with Crippen LogP contribution in [0.3, 0.4) is 0 Å². The SMILES string of the molecule is CCCN(C)C(=O)c1ncn2c1CCC(C(=O)NC1CCCC1)C2. The number of fused-ring (bicyclic) bond motifs is 1. The van der Waals surface area contributed by atoms with Crippen molar-refractivity contribution in [2.75, 3.05) is 13.6 Å². The van der Waals surface area contributed by atoms with Gasteiger partial charge in [-0.2, -0.15) is 0 Å². The van der Waals surface area contributed by atoms with E-state index in [4.69, 9.17) is 0 Å². The van der Waals surface area contributed by atoms with Crippen LogP contribution >= 0.6 is 0 Å². The van der Waals surface area contributed by atoms with Crippen molar-refractivity contribution >= 4 is 11.8 Å². The molecule has 132 valence electrons. The van der Waals surface area contributed by atoms with E-state index in [9.17, 15) is 9.59 Å². The predicted molar refractivity (Wildman–Crippen MR) is 91.7 cm³/mol. The number of nitrogens with zero attached hydrogens (tertiary/aromatic N) is 3. The number of imidazole rings is 1. The smallest absolute Gasteiger partial charge is 0.274 e. The van der Waals surface area contributed by atoms with Crippen LogP contribution in [0.1, 0.15) is 61.6 Å². The van der Waals surface area contributed by atoms with Gasteiger partial charge in [-0.25, -0.2) is 4.98 Å². The average Bonchev–Trinajstić information content (AvgIpc) is 3.23. The maximum Gasteiger partial charge on any atom is 0.274 e. The molecule has 1 atom stereocenters. The van der Waals surface area contributed by atoms with Gasteiger partial charge in [-0.15, -0.1) is 0 Å². The number of carbonyl (C=O) groups excluding carboxylic acids is 2. The van der Waals surface area contributed by atoms with Crippen LogP contribution < -0.4 is 5.32 Å². The highest BCUT2D eigenvalue weighted by Crippen LogP contribution is 2.25. The van der Waals surface area contributed by atoms with Crippen LogP contribution in [-0.2, 0) is 17.8 Å². The topological polar surface area (TPSA) is 67.2 Å². The van der Waals surface area contributed by atoms with Gasteiger partial charge in [-0.3, -0.25) is 9.59 Å². The van der Waals surface area contributed by atoms with Crippen molar-refractivity contribution in [2.45, 2.75) is 64.5 Å². The highest BCUT2D eigenvalue weighted by atomic mass is 16.2. The van der Waals surface area contributed by atoms with Gasteiger partial charge in [0.05, 0.1) is 17.9 Å². The van der Waals surface area contributed by atoms with Gasteiger partial charge in [-0.05, 0) is 32.1 Å². The van der Waals surface area contributed by atoms with Gasteiger partial charge in [-0.1, -0.05) is 19.8 Å². The molecule has 1 unspecified atom stereocenters. The van der Waals surface area contributed by atoms with Crippen molar-refractivity contribution in [1.82, 2.24) is 19.8 Å². The Bertz CT molecular complexity index is 604. The highest BCUT2D eigenvalue weighted by molar-refractivity contribution is 5.93. The van der Waals surface area contributed by atoms with Crippen LogP contribution in [0, 0.1) is 5.92 Å². The minimum Gasteiger partial charge on any atom is -0.353 e. The predicted octanol–water partition coefficient (Wildman–Crippen LogP) is 1.99. The monoisotopic (exact) mass is 332 g/mol. The number of hydrogen-bond donors (Lipinski definition) is 1. The number of aromatic nitrogens is 2. The van der Waals surface area contributed by atoms with Gasteiger partial charge in [0.2, 0.25) is 5.91 Å². The van der Waals surface area contributed by atoms with Crippen LogP contribution in [0.15, 0.2) is 6.33 Å². The lowest BCUT2D eigenvalue weighted by atomic mass is 9.95. The zero-order valence-electron chi connectivity index (χ0n) is 14.8. The lowest BCUT2D eigenvalue weighted by Gasteiger charge is -2.25. The third kappa shape index (κ3) is 3.47. The van der Waals surface area contributed by atoms with E-state index in [0.717, 1.165) is 44.3 Å². The molecule has 1 saturated carbocycles. The molecule has 0 spiro atoms. The first-order valence-electron chi connectivity index (χ1n) is 9.20. The summed E-state index contributed by atoms with van der Waals surface area (Å²) in [4.78, 5) is 31.0. The molecule has 1 fully saturated rings. The molecule has 6 nitrogen and oxygen atoms in total.